The molecule has 2 atom stereocenters. The highest BCUT2D eigenvalue weighted by atomic mass is 16.6. The van der Waals surface area contributed by atoms with E-state index in [4.69, 9.17) is 4.74 Å². The molecule has 0 spiro atoms. The van der Waals surface area contributed by atoms with Crippen molar-refractivity contribution in [2.45, 2.75) is 71.4 Å². The normalized spacial score (nSPS) is 25.2. The number of ether oxygens (including phenoxy) is 1. The smallest absolute Gasteiger partial charge is 0.307 e. The Hall–Kier alpha value is -0.570. The molecule has 0 saturated heterocycles. The maximum absolute atomic E-state index is 11.7. The zero-order valence-electron chi connectivity index (χ0n) is 12.7. The van der Waals surface area contributed by atoms with Crippen LogP contribution in [0.15, 0.2) is 0 Å². The molecule has 1 aliphatic carbocycles. The van der Waals surface area contributed by atoms with Crippen molar-refractivity contribution in [3.05, 3.63) is 0 Å². The maximum atomic E-state index is 11.7. The van der Waals surface area contributed by atoms with Crippen molar-refractivity contribution < 1.29 is 9.53 Å². The average Bonchev–Trinajstić information content (AvgIpc) is 2.24. The number of hydrogen-bond acceptors (Lipinski definition) is 3. The third-order valence-electron chi connectivity index (χ3n) is 3.72. The molecule has 0 aromatic heterocycles. The molecular weight excluding hydrogens is 226 g/mol. The van der Waals surface area contributed by atoms with Crippen molar-refractivity contribution in [1.29, 1.82) is 0 Å². The second kappa shape index (κ2) is 6.55. The average molecular weight is 255 g/mol. The molecule has 0 bridgehead atoms. The molecule has 106 valence electrons. The molecule has 3 nitrogen and oxygen atoms in total. The van der Waals surface area contributed by atoms with E-state index in [2.05, 4.69) is 18.9 Å². The standard InChI is InChI=1S/C15H29NO2/c1-12-8-6-7-9-13(12)16(5)11-10-14(17)18-15(2,3)4/h12-13H,6-11H2,1-5H3. The van der Waals surface area contributed by atoms with Crippen molar-refractivity contribution in [2.75, 3.05) is 13.6 Å². The van der Waals surface area contributed by atoms with E-state index in [0.717, 1.165) is 12.5 Å². The van der Waals surface area contributed by atoms with E-state index in [-0.39, 0.29) is 11.6 Å². The van der Waals surface area contributed by atoms with E-state index in [1.165, 1.54) is 25.7 Å². The van der Waals surface area contributed by atoms with Crippen LogP contribution in [0.1, 0.15) is 59.8 Å². The molecule has 0 heterocycles. The first-order valence-corrected chi connectivity index (χ1v) is 7.21. The van der Waals surface area contributed by atoms with Crippen molar-refractivity contribution in [2.24, 2.45) is 5.92 Å². The van der Waals surface area contributed by atoms with E-state index < -0.39 is 0 Å². The largest absolute Gasteiger partial charge is 0.460 e. The number of nitrogens with zero attached hydrogens (tertiary/aromatic N) is 1. The molecule has 1 aliphatic rings. The summed E-state index contributed by atoms with van der Waals surface area (Å²) < 4.78 is 5.34. The lowest BCUT2D eigenvalue weighted by Gasteiger charge is -2.36. The van der Waals surface area contributed by atoms with Gasteiger partial charge in [0.1, 0.15) is 5.60 Å². The molecule has 0 radical (unpaired) electrons. The van der Waals surface area contributed by atoms with E-state index >= 15 is 0 Å². The summed E-state index contributed by atoms with van der Waals surface area (Å²) in [5, 5.41) is 0. The number of carbonyl (C=O) groups excluding carboxylic acids is 1. The molecule has 2 unspecified atom stereocenters. The Balaban J connectivity index is 2.31. The highest BCUT2D eigenvalue weighted by Gasteiger charge is 2.25. The SMILES string of the molecule is CC1CCCCC1N(C)CCC(=O)OC(C)(C)C. The van der Waals surface area contributed by atoms with Crippen LogP contribution < -0.4 is 0 Å². The number of hydrogen-bond donors (Lipinski definition) is 0. The first kappa shape index (κ1) is 15.5. The van der Waals surface area contributed by atoms with E-state index in [9.17, 15) is 4.79 Å². The molecule has 0 aromatic rings. The quantitative estimate of drug-likeness (QED) is 0.722. The number of rotatable bonds is 4. The fraction of sp³-hybridized carbons (Fsp3) is 0.933. The van der Waals surface area contributed by atoms with Crippen molar-refractivity contribution in [3.8, 4) is 0 Å². The molecule has 0 aliphatic heterocycles. The van der Waals surface area contributed by atoms with E-state index in [1.807, 2.05) is 20.8 Å². The molecule has 3 heteroatoms. The second-order valence-corrected chi connectivity index (χ2v) is 6.65. The molecule has 0 N–H and O–H groups in total. The molecule has 1 fully saturated rings. The molecular formula is C15H29NO2. The fourth-order valence-electron chi connectivity index (χ4n) is 2.78. The zero-order chi connectivity index (χ0) is 13.8. The van der Waals surface area contributed by atoms with Crippen LogP contribution in [0.25, 0.3) is 0 Å². The van der Waals surface area contributed by atoms with Gasteiger partial charge in [-0.25, -0.2) is 0 Å². The fourth-order valence-corrected chi connectivity index (χ4v) is 2.78. The minimum Gasteiger partial charge on any atom is -0.460 e. The summed E-state index contributed by atoms with van der Waals surface area (Å²) in [6.07, 6.45) is 5.77. The van der Waals surface area contributed by atoms with Gasteiger partial charge in [-0.15, -0.1) is 0 Å². The van der Waals surface area contributed by atoms with Gasteiger partial charge in [0.25, 0.3) is 0 Å². The zero-order valence-corrected chi connectivity index (χ0v) is 12.7. The summed E-state index contributed by atoms with van der Waals surface area (Å²) in [6.45, 7) is 8.88. The third kappa shape index (κ3) is 5.38. The van der Waals surface area contributed by atoms with Gasteiger partial charge in [0, 0.05) is 12.6 Å². The highest BCUT2D eigenvalue weighted by molar-refractivity contribution is 5.70. The number of carbonyl (C=O) groups is 1. The Morgan fingerprint density at radius 2 is 1.89 bits per heavy atom. The molecule has 1 rings (SSSR count). The molecule has 0 aromatic carbocycles. The Bertz CT molecular complexity index is 270. The minimum atomic E-state index is -0.367. The Labute approximate surface area is 112 Å². The van der Waals surface area contributed by atoms with Gasteiger partial charge in [-0.2, -0.15) is 0 Å². The number of esters is 1. The van der Waals surface area contributed by atoms with Crippen molar-refractivity contribution >= 4 is 5.97 Å². The Morgan fingerprint density at radius 3 is 2.44 bits per heavy atom. The summed E-state index contributed by atoms with van der Waals surface area (Å²) >= 11 is 0. The van der Waals surface area contributed by atoms with Crippen LogP contribution in [0.3, 0.4) is 0 Å². The van der Waals surface area contributed by atoms with Crippen LogP contribution in [0.4, 0.5) is 0 Å². The highest BCUT2D eigenvalue weighted by Crippen LogP contribution is 2.27. The molecule has 0 amide bonds. The molecule has 1 saturated carbocycles. The van der Waals surface area contributed by atoms with E-state index in [0.29, 0.717) is 12.5 Å². The summed E-state index contributed by atoms with van der Waals surface area (Å²) in [4.78, 5) is 14.0. The van der Waals surface area contributed by atoms with Gasteiger partial charge in [-0.1, -0.05) is 19.8 Å². The lowest BCUT2D eigenvalue weighted by atomic mass is 9.85. The van der Waals surface area contributed by atoms with Crippen LogP contribution in [0.2, 0.25) is 0 Å². The monoisotopic (exact) mass is 255 g/mol. The van der Waals surface area contributed by atoms with Gasteiger partial charge < -0.3 is 9.64 Å². The summed E-state index contributed by atoms with van der Waals surface area (Å²) in [5.41, 5.74) is -0.367. The van der Waals surface area contributed by atoms with Gasteiger partial charge >= 0.3 is 5.97 Å². The lowest BCUT2D eigenvalue weighted by molar-refractivity contribution is -0.155. The maximum Gasteiger partial charge on any atom is 0.307 e. The van der Waals surface area contributed by atoms with Gasteiger partial charge in [-0.05, 0) is 46.6 Å². The predicted octanol–water partition coefficient (Wildman–Crippen LogP) is 3.23. The van der Waals surface area contributed by atoms with E-state index in [1.54, 1.807) is 0 Å². The minimum absolute atomic E-state index is 0.0854. The van der Waals surface area contributed by atoms with Crippen LogP contribution in [0, 0.1) is 5.92 Å². The third-order valence-corrected chi connectivity index (χ3v) is 3.72. The van der Waals surface area contributed by atoms with Gasteiger partial charge in [0.05, 0.1) is 6.42 Å². The first-order valence-electron chi connectivity index (χ1n) is 7.21. The van der Waals surface area contributed by atoms with Crippen molar-refractivity contribution in [3.63, 3.8) is 0 Å². The topological polar surface area (TPSA) is 29.5 Å². The Kier molecular flexibility index (Phi) is 5.64. The van der Waals surface area contributed by atoms with Crippen LogP contribution in [-0.2, 0) is 9.53 Å². The van der Waals surface area contributed by atoms with Crippen molar-refractivity contribution in [1.82, 2.24) is 4.90 Å². The van der Waals surface area contributed by atoms with Crippen LogP contribution >= 0.6 is 0 Å². The lowest BCUT2D eigenvalue weighted by Crippen LogP contribution is -2.40. The Morgan fingerprint density at radius 1 is 1.28 bits per heavy atom. The predicted molar refractivity (Wildman–Crippen MR) is 74.5 cm³/mol. The summed E-state index contributed by atoms with van der Waals surface area (Å²) in [6, 6.07) is 0.640. The summed E-state index contributed by atoms with van der Waals surface area (Å²) in [7, 11) is 2.14. The van der Waals surface area contributed by atoms with Crippen LogP contribution in [0.5, 0.6) is 0 Å². The van der Waals surface area contributed by atoms with Gasteiger partial charge in [0.15, 0.2) is 0 Å². The second-order valence-electron chi connectivity index (χ2n) is 6.65. The van der Waals surface area contributed by atoms with Crippen LogP contribution in [-0.4, -0.2) is 36.1 Å². The first-order chi connectivity index (χ1) is 8.29. The van der Waals surface area contributed by atoms with Gasteiger partial charge in [-0.3, -0.25) is 4.79 Å². The molecule has 18 heavy (non-hydrogen) atoms. The van der Waals surface area contributed by atoms with Gasteiger partial charge in [0.2, 0.25) is 0 Å². The summed E-state index contributed by atoms with van der Waals surface area (Å²) in [5.74, 6) is 0.667.